The molecule has 5 heterocycles. The van der Waals surface area contributed by atoms with Crippen LogP contribution in [0, 0.1) is 46.3 Å². The van der Waals surface area contributed by atoms with E-state index in [4.69, 9.17) is 42.6 Å². The first-order chi connectivity index (χ1) is 35.0. The summed E-state index contributed by atoms with van der Waals surface area (Å²) in [6, 6.07) is 0. The molecular weight excluding hydrogens is 985 g/mol. The summed E-state index contributed by atoms with van der Waals surface area (Å²) in [6.45, 7) is 6.75. The van der Waals surface area contributed by atoms with E-state index in [0.717, 1.165) is 32.1 Å². The number of ether oxygens (including phenoxy) is 9. The summed E-state index contributed by atoms with van der Waals surface area (Å²) < 4.78 is 53.5. The van der Waals surface area contributed by atoms with Crippen LogP contribution in [0.4, 0.5) is 0 Å². The Labute approximate surface area is 429 Å². The molecule has 0 aromatic rings. The third-order valence-electron chi connectivity index (χ3n) is 19.2. The summed E-state index contributed by atoms with van der Waals surface area (Å²) in [7, 11) is 0. The van der Waals surface area contributed by atoms with E-state index in [1.165, 1.54) is 5.57 Å². The molecular formula is C50H82O24. The standard InChI is InChI=1S/C50H82O24/c1-19(18-66-44-37(60)33(56)31(54)27(15-51)68-44)7-12-50(65)20(2)30-26(74-50)14-25-23-6-5-21-13-22(8-10-48(21,3)24(23)9-11-49(25,30)4)67-47-42(72-46-39(62)35(58)36(59)43(64)73-46)40(63)41(29(17-53)70-47)71-45-38(61)34(57)32(55)28(16-52)69-45/h5,19-20,22-47,51-65H,6-18H2,1-4H3/t19-,20+,22?,23-,24+,25+,26?,27?,28?,29?,30-,31-,32-,33?,34?,35?,36-,37?,38?,39?,40?,41-,42?,43?,44-,45+,46-,47-,48+,49+,50?/m1/s1. The van der Waals surface area contributed by atoms with Crippen LogP contribution < -0.4 is 0 Å². The Morgan fingerprint density at radius 1 is 0.635 bits per heavy atom. The zero-order valence-electron chi connectivity index (χ0n) is 42.3. The van der Waals surface area contributed by atoms with Crippen molar-refractivity contribution in [3.05, 3.63) is 11.6 Å². The summed E-state index contributed by atoms with van der Waals surface area (Å²) in [6.07, 6.45) is -25.1. The highest BCUT2D eigenvalue weighted by atomic mass is 16.8. The minimum atomic E-state index is -2.00. The Balaban J connectivity index is 0.849. The molecule has 8 fully saturated rings. The number of hydrogen-bond donors (Lipinski definition) is 15. The lowest BCUT2D eigenvalue weighted by molar-refractivity contribution is -0.400. The Morgan fingerprint density at radius 2 is 1.22 bits per heavy atom. The molecule has 24 nitrogen and oxygen atoms in total. The molecule has 3 saturated carbocycles. The van der Waals surface area contributed by atoms with Gasteiger partial charge in [0.05, 0.1) is 38.6 Å². The summed E-state index contributed by atoms with van der Waals surface area (Å²) >= 11 is 0. The van der Waals surface area contributed by atoms with E-state index in [2.05, 4.69) is 26.8 Å². The van der Waals surface area contributed by atoms with Crippen molar-refractivity contribution in [2.24, 2.45) is 46.3 Å². The van der Waals surface area contributed by atoms with Gasteiger partial charge in [-0.1, -0.05) is 39.3 Å². The zero-order valence-corrected chi connectivity index (χ0v) is 42.3. The Hall–Kier alpha value is -1.22. The molecule has 0 radical (unpaired) electrons. The van der Waals surface area contributed by atoms with Crippen LogP contribution >= 0.6 is 0 Å². The van der Waals surface area contributed by atoms with Crippen molar-refractivity contribution in [3.8, 4) is 0 Å². The van der Waals surface area contributed by atoms with Gasteiger partial charge in [-0.15, -0.1) is 0 Å². The second-order valence-corrected chi connectivity index (χ2v) is 23.5. The molecule has 0 aromatic heterocycles. The molecule has 4 aliphatic carbocycles. The van der Waals surface area contributed by atoms with Gasteiger partial charge in [-0.05, 0) is 91.8 Å². The van der Waals surface area contributed by atoms with Crippen molar-refractivity contribution in [1.82, 2.24) is 0 Å². The molecule has 31 atom stereocenters. The fourth-order valence-corrected chi connectivity index (χ4v) is 14.8. The first-order valence-corrected chi connectivity index (χ1v) is 26.6. The maximum absolute atomic E-state index is 12.1. The van der Waals surface area contributed by atoms with Crippen molar-refractivity contribution in [2.75, 3.05) is 26.4 Å². The number of aliphatic hydroxyl groups is 15. The van der Waals surface area contributed by atoms with Crippen LogP contribution in [0.1, 0.15) is 85.5 Å². The number of allylic oxidation sites excluding steroid dienone is 1. The molecule has 74 heavy (non-hydrogen) atoms. The van der Waals surface area contributed by atoms with Crippen LogP contribution in [-0.4, -0.2) is 244 Å². The lowest BCUT2D eigenvalue weighted by Crippen LogP contribution is -2.67. The minimum Gasteiger partial charge on any atom is -0.394 e. The normalized spacial score (nSPS) is 54.9. The smallest absolute Gasteiger partial charge is 0.189 e. The first-order valence-electron chi connectivity index (χ1n) is 26.6. The molecule has 15 unspecified atom stereocenters. The molecule has 24 heteroatoms. The highest BCUT2D eigenvalue weighted by Gasteiger charge is 2.68. The maximum Gasteiger partial charge on any atom is 0.189 e. The van der Waals surface area contributed by atoms with E-state index in [1.54, 1.807) is 0 Å². The minimum absolute atomic E-state index is 0.0861. The molecule has 0 spiro atoms. The monoisotopic (exact) mass is 1070 g/mol. The first kappa shape index (κ1) is 57.5. The van der Waals surface area contributed by atoms with Gasteiger partial charge in [0, 0.05) is 12.3 Å². The van der Waals surface area contributed by atoms with Gasteiger partial charge in [-0.2, -0.15) is 0 Å². The van der Waals surface area contributed by atoms with Crippen LogP contribution in [0.3, 0.4) is 0 Å². The van der Waals surface area contributed by atoms with Crippen LogP contribution in [0.15, 0.2) is 11.6 Å². The quantitative estimate of drug-likeness (QED) is 0.0694. The summed E-state index contributed by atoms with van der Waals surface area (Å²) in [5.74, 6) is -0.417. The Morgan fingerprint density at radius 3 is 1.86 bits per heavy atom. The highest BCUT2D eigenvalue weighted by Crippen LogP contribution is 2.70. The van der Waals surface area contributed by atoms with Crippen LogP contribution in [0.2, 0.25) is 0 Å². The molecule has 426 valence electrons. The van der Waals surface area contributed by atoms with Gasteiger partial charge in [0.15, 0.2) is 37.2 Å². The fraction of sp³-hybridized carbons (Fsp3) is 0.960. The van der Waals surface area contributed by atoms with Gasteiger partial charge < -0.3 is 119 Å². The fourth-order valence-electron chi connectivity index (χ4n) is 14.8. The van der Waals surface area contributed by atoms with Crippen molar-refractivity contribution in [3.63, 3.8) is 0 Å². The number of hydrogen-bond acceptors (Lipinski definition) is 24. The lowest BCUT2D eigenvalue weighted by atomic mass is 9.47. The summed E-state index contributed by atoms with van der Waals surface area (Å²) in [5.41, 5.74) is 0.941. The predicted molar refractivity (Wildman–Crippen MR) is 247 cm³/mol. The van der Waals surface area contributed by atoms with Gasteiger partial charge in [0.25, 0.3) is 0 Å². The van der Waals surface area contributed by atoms with E-state index in [0.29, 0.717) is 43.4 Å². The van der Waals surface area contributed by atoms with Crippen LogP contribution in [-0.2, 0) is 42.6 Å². The second kappa shape index (κ2) is 22.4. The van der Waals surface area contributed by atoms with E-state index < -0.39 is 155 Å². The maximum atomic E-state index is 12.1. The van der Waals surface area contributed by atoms with Crippen molar-refractivity contribution in [1.29, 1.82) is 0 Å². The van der Waals surface area contributed by atoms with E-state index in [9.17, 15) is 76.6 Å². The average Bonchev–Trinajstić information content (AvgIpc) is 3.82. The Bertz CT molecular complexity index is 1920. The SMILES string of the molecule is C[C@H](CCC1(O)OC2C[C@H]3[C@@H]4CC=C5CC(O[C@@H]6OC(CO)[C@@H](O[C@@H]7OC(CO)[C@@H](O)C(O)C7O)C(O)C6O[C@@H]6OC(O)[C@H](O)C(O)C6O)CC[C@]5(C)[C@H]4CC[C@]3(C)[C@@H]2[C@@H]1C)CO[C@@H]1OC(CO)[C@@H](O)C(O)C1O. The molecule has 9 aliphatic rings. The molecule has 5 aliphatic heterocycles. The van der Waals surface area contributed by atoms with Crippen LogP contribution in [0.25, 0.3) is 0 Å². The number of rotatable bonds is 15. The predicted octanol–water partition coefficient (Wildman–Crippen LogP) is -4.08. The molecule has 9 rings (SSSR count). The molecule has 0 bridgehead atoms. The van der Waals surface area contributed by atoms with Gasteiger partial charge in [-0.3, -0.25) is 0 Å². The lowest BCUT2D eigenvalue weighted by Gasteiger charge is -2.58. The Kier molecular flexibility index (Phi) is 17.4. The van der Waals surface area contributed by atoms with E-state index >= 15 is 0 Å². The largest absolute Gasteiger partial charge is 0.394 e. The topological polar surface area (TPSA) is 387 Å². The molecule has 5 saturated heterocycles. The number of fused-ring (bicyclic) bond motifs is 7. The second-order valence-electron chi connectivity index (χ2n) is 23.5. The molecule has 0 amide bonds. The van der Waals surface area contributed by atoms with Crippen molar-refractivity contribution in [2.45, 2.75) is 226 Å². The van der Waals surface area contributed by atoms with Gasteiger partial charge in [0.1, 0.15) is 91.6 Å². The third kappa shape index (κ3) is 10.2. The molecule has 15 N–H and O–H groups in total. The highest BCUT2D eigenvalue weighted by molar-refractivity contribution is 5.26. The van der Waals surface area contributed by atoms with Crippen molar-refractivity contribution >= 4 is 0 Å². The summed E-state index contributed by atoms with van der Waals surface area (Å²) in [5, 5.41) is 158. The molecule has 0 aromatic carbocycles. The van der Waals surface area contributed by atoms with Crippen LogP contribution in [0.5, 0.6) is 0 Å². The van der Waals surface area contributed by atoms with E-state index in [-0.39, 0.29) is 41.3 Å². The zero-order chi connectivity index (χ0) is 53.5. The number of aliphatic hydroxyl groups excluding tert-OH is 14. The third-order valence-corrected chi connectivity index (χ3v) is 19.2. The van der Waals surface area contributed by atoms with Gasteiger partial charge in [0.2, 0.25) is 0 Å². The average molecular weight is 1070 g/mol. The van der Waals surface area contributed by atoms with Gasteiger partial charge >= 0.3 is 0 Å². The van der Waals surface area contributed by atoms with E-state index in [1.807, 2.05) is 6.92 Å². The summed E-state index contributed by atoms with van der Waals surface area (Å²) in [4.78, 5) is 0. The van der Waals surface area contributed by atoms with Crippen molar-refractivity contribution < 1.29 is 119 Å². The van der Waals surface area contributed by atoms with Gasteiger partial charge in [-0.25, -0.2) is 0 Å².